The van der Waals surface area contributed by atoms with Crippen LogP contribution in [0.5, 0.6) is 0 Å². The van der Waals surface area contributed by atoms with Crippen molar-refractivity contribution >= 4 is 25.5 Å². The quantitative estimate of drug-likeness (QED) is 0.595. The molecule has 35 heavy (non-hydrogen) atoms. The predicted molar refractivity (Wildman–Crippen MR) is 129 cm³/mol. The van der Waals surface area contributed by atoms with Gasteiger partial charge in [0.2, 0.25) is 0 Å². The summed E-state index contributed by atoms with van der Waals surface area (Å²) in [6.45, 7) is 0. The number of rotatable bonds is 6. The van der Waals surface area contributed by atoms with Gasteiger partial charge in [0.05, 0.1) is 20.3 Å². The van der Waals surface area contributed by atoms with E-state index < -0.39 is 30.3 Å². The summed E-state index contributed by atoms with van der Waals surface area (Å²) in [6.07, 6.45) is 2.00. The van der Waals surface area contributed by atoms with Gasteiger partial charge in [-0.3, -0.25) is 4.79 Å². The van der Waals surface area contributed by atoms with Crippen molar-refractivity contribution in [2.75, 3.05) is 5.75 Å². The Bertz CT molecular complexity index is 1470. The highest BCUT2D eigenvalue weighted by atomic mass is 32.2. The predicted octanol–water partition coefficient (Wildman–Crippen LogP) is 3.66. The van der Waals surface area contributed by atoms with Gasteiger partial charge in [0.1, 0.15) is 5.78 Å². The molecule has 2 bridgehead atoms. The molecular formula is C28H28O5S2. The molecule has 11 atom stereocenters. The van der Waals surface area contributed by atoms with Gasteiger partial charge in [-0.05, 0) is 90.9 Å². The second kappa shape index (κ2) is 6.46. The third kappa shape index (κ3) is 2.22. The van der Waals surface area contributed by atoms with Crippen molar-refractivity contribution in [1.29, 1.82) is 0 Å². The highest BCUT2D eigenvalue weighted by Gasteiger charge is 2.88. The second-order valence-electron chi connectivity index (χ2n) is 11.9. The van der Waals surface area contributed by atoms with Crippen LogP contribution < -0.4 is 0 Å². The molecule has 2 aromatic carbocycles. The van der Waals surface area contributed by atoms with Gasteiger partial charge in [0, 0.05) is 11.8 Å². The molecule has 0 saturated heterocycles. The van der Waals surface area contributed by atoms with Crippen LogP contribution in [0, 0.1) is 59.2 Å². The van der Waals surface area contributed by atoms with Gasteiger partial charge in [-0.15, -0.1) is 0 Å². The lowest BCUT2D eigenvalue weighted by Crippen LogP contribution is -2.53. The van der Waals surface area contributed by atoms with Gasteiger partial charge in [0.25, 0.3) is 0 Å². The molecule has 6 aliphatic rings. The molecule has 5 nitrogen and oxygen atoms in total. The number of fused-ring (bicyclic) bond motifs is 3. The fourth-order valence-corrected chi connectivity index (χ4v) is 14.8. The molecule has 0 heterocycles. The maximum absolute atomic E-state index is 14.2. The van der Waals surface area contributed by atoms with Crippen LogP contribution in [0.25, 0.3) is 0 Å². The van der Waals surface area contributed by atoms with Crippen molar-refractivity contribution in [1.82, 2.24) is 0 Å². The molecule has 0 aliphatic heterocycles. The van der Waals surface area contributed by atoms with E-state index in [2.05, 4.69) is 0 Å². The molecule has 0 spiro atoms. The van der Waals surface area contributed by atoms with Crippen LogP contribution in [-0.2, 0) is 24.5 Å². The molecule has 0 radical (unpaired) electrons. The molecule has 182 valence electrons. The fraction of sp³-hybridized carbons (Fsp3) is 0.536. The summed E-state index contributed by atoms with van der Waals surface area (Å²) in [5.74, 6) is 1.70. The van der Waals surface area contributed by atoms with Gasteiger partial charge in [-0.25, -0.2) is 16.8 Å². The number of hydrogen-bond acceptors (Lipinski definition) is 5. The highest BCUT2D eigenvalue weighted by Crippen LogP contribution is 2.86. The second-order valence-corrected chi connectivity index (χ2v) is 16.3. The minimum atomic E-state index is -3.65. The number of benzene rings is 2. The Balaban J connectivity index is 1.18. The Morgan fingerprint density at radius 1 is 0.771 bits per heavy atom. The molecule has 6 fully saturated rings. The van der Waals surface area contributed by atoms with E-state index in [4.69, 9.17) is 0 Å². The van der Waals surface area contributed by atoms with Crippen molar-refractivity contribution in [3.8, 4) is 0 Å². The van der Waals surface area contributed by atoms with Crippen LogP contribution in [0.1, 0.15) is 19.3 Å². The molecule has 6 aliphatic carbocycles. The third-order valence-electron chi connectivity index (χ3n) is 11.3. The van der Waals surface area contributed by atoms with Crippen LogP contribution >= 0.6 is 0 Å². The molecule has 2 aromatic rings. The van der Waals surface area contributed by atoms with Crippen molar-refractivity contribution in [2.45, 2.75) is 33.8 Å². The number of carbonyl (C=O) groups is 1. The van der Waals surface area contributed by atoms with Crippen LogP contribution in [-0.4, -0.2) is 33.1 Å². The monoisotopic (exact) mass is 508 g/mol. The molecule has 0 N–H and O–H groups in total. The number of Topliss-reactive ketones (excluding diaryl/α,β-unsaturated/α-hetero) is 1. The maximum Gasteiger partial charge on any atom is 0.185 e. The first-order valence-electron chi connectivity index (χ1n) is 12.9. The molecule has 0 unspecified atom stereocenters. The Hall–Kier alpha value is -1.99. The standard InChI is InChI=1S/C28H28O5S2/c29-27-24-17(11-12-34(30,31)15-7-3-1-4-8-15)18-13-20-21-19-14-28(20,26(27)23(19)25(24)22(18)21)35(32,33)16-9-5-2-6-10-16/h1-10,17-26H,11-14H2/t17-,18-,19-,20-,21-,22-,23-,24-,25+,26+,28-/m1/s1. The SMILES string of the molecule is O=C1[C@@H]2[C@H](CCS(=O)(=O)c3ccccc3)[C@H]3C[C@@H]4[C@H]5[C@H]6C[C@]4(S(=O)(=O)c4ccccc4)[C@H]1[C@H]6[C@@H]2[C@H]35. The number of sulfone groups is 2. The largest absolute Gasteiger partial charge is 0.299 e. The number of carbonyl (C=O) groups excluding carboxylic acids is 1. The highest BCUT2D eigenvalue weighted by molar-refractivity contribution is 7.93. The van der Waals surface area contributed by atoms with E-state index in [1.807, 2.05) is 12.1 Å². The van der Waals surface area contributed by atoms with Crippen LogP contribution in [0.4, 0.5) is 0 Å². The van der Waals surface area contributed by atoms with Gasteiger partial charge >= 0.3 is 0 Å². The van der Waals surface area contributed by atoms with Crippen molar-refractivity contribution in [2.24, 2.45) is 59.2 Å². The average Bonchev–Trinajstić information content (AvgIpc) is 3.64. The Kier molecular flexibility index (Phi) is 3.90. The summed E-state index contributed by atoms with van der Waals surface area (Å²) in [4.78, 5) is 14.8. The molecule has 6 saturated carbocycles. The molecule has 0 amide bonds. The summed E-state index contributed by atoms with van der Waals surface area (Å²) < 4.78 is 53.6. The lowest BCUT2D eigenvalue weighted by atomic mass is 9.70. The zero-order chi connectivity index (χ0) is 23.9. The smallest absolute Gasteiger partial charge is 0.185 e. The van der Waals surface area contributed by atoms with Gasteiger partial charge in [-0.1, -0.05) is 36.4 Å². The zero-order valence-electron chi connectivity index (χ0n) is 19.2. The Labute approximate surface area is 206 Å². The van der Waals surface area contributed by atoms with Crippen molar-refractivity contribution in [3.05, 3.63) is 60.7 Å². The summed E-state index contributed by atoms with van der Waals surface area (Å²) in [6, 6.07) is 17.3. The van der Waals surface area contributed by atoms with E-state index in [1.165, 1.54) is 0 Å². The first-order chi connectivity index (χ1) is 16.8. The first-order valence-corrected chi connectivity index (χ1v) is 16.0. The molecule has 0 aromatic heterocycles. The average molecular weight is 509 g/mol. The molecular weight excluding hydrogens is 480 g/mol. The van der Waals surface area contributed by atoms with Gasteiger partial charge < -0.3 is 0 Å². The fourth-order valence-electron chi connectivity index (χ4n) is 10.8. The lowest BCUT2D eigenvalue weighted by molar-refractivity contribution is -0.128. The summed E-state index contributed by atoms with van der Waals surface area (Å²) >= 11 is 0. The molecule has 7 heteroatoms. The number of ketones is 1. The minimum Gasteiger partial charge on any atom is -0.299 e. The zero-order valence-corrected chi connectivity index (χ0v) is 20.9. The van der Waals surface area contributed by atoms with E-state index in [9.17, 15) is 21.6 Å². The van der Waals surface area contributed by atoms with Crippen molar-refractivity contribution < 1.29 is 21.6 Å². The van der Waals surface area contributed by atoms with Gasteiger partial charge in [0.15, 0.2) is 19.7 Å². The summed E-state index contributed by atoms with van der Waals surface area (Å²) in [5, 5.41) is 0. The first kappa shape index (κ1) is 21.1. The minimum absolute atomic E-state index is 0.0392. The van der Waals surface area contributed by atoms with Crippen LogP contribution in [0.2, 0.25) is 0 Å². The topological polar surface area (TPSA) is 85.3 Å². The van der Waals surface area contributed by atoms with E-state index in [0.717, 1.165) is 6.42 Å². The number of hydrogen-bond donors (Lipinski definition) is 0. The normalized spacial score (nSPS) is 45.8. The van der Waals surface area contributed by atoms with E-state index in [0.29, 0.717) is 40.4 Å². The third-order valence-corrected chi connectivity index (χ3v) is 15.7. The van der Waals surface area contributed by atoms with Gasteiger partial charge in [-0.2, -0.15) is 0 Å². The summed E-state index contributed by atoms with van der Waals surface area (Å²) in [5.41, 5.74) is 0. The van der Waals surface area contributed by atoms with E-state index >= 15 is 0 Å². The van der Waals surface area contributed by atoms with Crippen LogP contribution in [0.15, 0.2) is 70.5 Å². The summed E-state index contributed by atoms with van der Waals surface area (Å²) in [7, 11) is -7.05. The lowest BCUT2D eigenvalue weighted by Gasteiger charge is -2.42. The van der Waals surface area contributed by atoms with Crippen LogP contribution in [0.3, 0.4) is 0 Å². The van der Waals surface area contributed by atoms with E-state index in [1.54, 1.807) is 48.5 Å². The maximum atomic E-state index is 14.2. The van der Waals surface area contributed by atoms with E-state index in [-0.39, 0.29) is 47.0 Å². The van der Waals surface area contributed by atoms with Crippen molar-refractivity contribution in [3.63, 3.8) is 0 Å². The Morgan fingerprint density at radius 3 is 2.11 bits per heavy atom. The molecule has 8 rings (SSSR count). The Morgan fingerprint density at radius 2 is 1.43 bits per heavy atom.